The van der Waals surface area contributed by atoms with Gasteiger partial charge in [0.25, 0.3) is 0 Å². The van der Waals surface area contributed by atoms with E-state index in [0.717, 1.165) is 0 Å². The Morgan fingerprint density at radius 3 is 2.47 bits per heavy atom. The molecule has 1 aromatic carbocycles. The number of aliphatic hydroxyl groups is 1. The Hall–Kier alpha value is -1.39. The fourth-order valence-electron chi connectivity index (χ4n) is 1.25. The van der Waals surface area contributed by atoms with Gasteiger partial charge in [-0.2, -0.15) is 0 Å². The molecule has 0 aliphatic heterocycles. The van der Waals surface area contributed by atoms with Gasteiger partial charge in [-0.05, 0) is 31.2 Å². The van der Waals surface area contributed by atoms with Crippen molar-refractivity contribution in [1.82, 2.24) is 0 Å². The van der Waals surface area contributed by atoms with Crippen LogP contribution in [-0.2, 0) is 9.53 Å². The molecule has 0 aliphatic rings. The second kappa shape index (κ2) is 6.37. The van der Waals surface area contributed by atoms with E-state index in [2.05, 4.69) is 4.74 Å². The summed E-state index contributed by atoms with van der Waals surface area (Å²) >= 11 is 5.68. The maximum Gasteiger partial charge on any atom is 0.335 e. The van der Waals surface area contributed by atoms with Gasteiger partial charge in [-0.3, -0.25) is 4.79 Å². The van der Waals surface area contributed by atoms with Crippen LogP contribution < -0.4 is 0 Å². The van der Waals surface area contributed by atoms with E-state index < -0.39 is 12.1 Å². The van der Waals surface area contributed by atoms with Crippen molar-refractivity contribution in [3.63, 3.8) is 0 Å². The summed E-state index contributed by atoms with van der Waals surface area (Å²) in [4.78, 5) is 22.8. The molecule has 1 unspecified atom stereocenters. The van der Waals surface area contributed by atoms with E-state index in [1.807, 2.05) is 0 Å². The van der Waals surface area contributed by atoms with Crippen molar-refractivity contribution in [2.75, 3.05) is 6.61 Å². The first-order valence-corrected chi connectivity index (χ1v) is 5.56. The minimum absolute atomic E-state index is 0.172. The molecule has 0 radical (unpaired) electrons. The second-order valence-electron chi connectivity index (χ2n) is 3.40. The predicted molar refractivity (Wildman–Crippen MR) is 63.0 cm³/mol. The van der Waals surface area contributed by atoms with Crippen molar-refractivity contribution in [3.8, 4) is 0 Å². The topological polar surface area (TPSA) is 63.6 Å². The predicted octanol–water partition coefficient (Wildman–Crippen LogP) is 1.84. The fraction of sp³-hybridized carbons (Fsp3) is 0.333. The number of ketones is 1. The Morgan fingerprint density at radius 1 is 1.35 bits per heavy atom. The number of hydrogen-bond acceptors (Lipinski definition) is 4. The molecule has 0 saturated heterocycles. The van der Waals surface area contributed by atoms with Crippen LogP contribution in [-0.4, -0.2) is 29.6 Å². The molecule has 4 nitrogen and oxygen atoms in total. The first-order valence-electron chi connectivity index (χ1n) is 5.18. The summed E-state index contributed by atoms with van der Waals surface area (Å²) < 4.78 is 4.60. The van der Waals surface area contributed by atoms with Crippen molar-refractivity contribution in [2.45, 2.75) is 19.4 Å². The fourth-order valence-corrected chi connectivity index (χ4v) is 1.38. The third-order valence-corrected chi connectivity index (χ3v) is 2.36. The standard InChI is InChI=1S/C12H13ClO4/c1-2-17-12(16)11(15)7-10(14)8-3-5-9(13)6-4-8/h3-6,11,15H,2,7H2,1H3. The number of halogens is 1. The summed E-state index contributed by atoms with van der Waals surface area (Å²) in [6.07, 6.45) is -1.71. The molecule has 0 saturated carbocycles. The highest BCUT2D eigenvalue weighted by molar-refractivity contribution is 6.30. The monoisotopic (exact) mass is 256 g/mol. The lowest BCUT2D eigenvalue weighted by Gasteiger charge is -2.08. The molecule has 1 aromatic rings. The van der Waals surface area contributed by atoms with Crippen LogP contribution >= 0.6 is 11.6 Å². The number of carbonyl (C=O) groups excluding carboxylic acids is 2. The minimum Gasteiger partial charge on any atom is -0.464 e. The lowest BCUT2D eigenvalue weighted by molar-refractivity contribution is -0.152. The zero-order valence-corrected chi connectivity index (χ0v) is 10.1. The van der Waals surface area contributed by atoms with E-state index in [1.165, 1.54) is 0 Å². The van der Waals surface area contributed by atoms with Crippen LogP contribution in [0.25, 0.3) is 0 Å². The Bertz CT molecular complexity index is 399. The molecule has 0 aliphatic carbocycles. The summed E-state index contributed by atoms with van der Waals surface area (Å²) in [6, 6.07) is 6.24. The SMILES string of the molecule is CCOC(=O)C(O)CC(=O)c1ccc(Cl)cc1. The van der Waals surface area contributed by atoms with Crippen LogP contribution in [0.3, 0.4) is 0 Å². The van der Waals surface area contributed by atoms with E-state index in [-0.39, 0.29) is 18.8 Å². The van der Waals surface area contributed by atoms with Gasteiger partial charge in [0.05, 0.1) is 6.61 Å². The lowest BCUT2D eigenvalue weighted by Crippen LogP contribution is -2.26. The van der Waals surface area contributed by atoms with Gasteiger partial charge in [-0.15, -0.1) is 0 Å². The van der Waals surface area contributed by atoms with E-state index in [1.54, 1.807) is 31.2 Å². The largest absolute Gasteiger partial charge is 0.464 e. The third-order valence-electron chi connectivity index (χ3n) is 2.10. The third kappa shape index (κ3) is 4.17. The first kappa shape index (κ1) is 13.7. The number of Topliss-reactive ketones (excluding diaryl/α,β-unsaturated/α-hetero) is 1. The van der Waals surface area contributed by atoms with Gasteiger partial charge >= 0.3 is 5.97 Å². The average Bonchev–Trinajstić information content (AvgIpc) is 2.30. The maximum absolute atomic E-state index is 11.7. The summed E-state index contributed by atoms with van der Waals surface area (Å²) in [5.74, 6) is -1.11. The zero-order chi connectivity index (χ0) is 12.8. The second-order valence-corrected chi connectivity index (χ2v) is 3.84. The number of hydrogen-bond donors (Lipinski definition) is 1. The highest BCUT2D eigenvalue weighted by atomic mass is 35.5. The van der Waals surface area contributed by atoms with E-state index in [4.69, 9.17) is 11.6 Å². The van der Waals surface area contributed by atoms with Crippen LogP contribution in [0.5, 0.6) is 0 Å². The smallest absolute Gasteiger partial charge is 0.335 e. The Balaban J connectivity index is 2.60. The summed E-state index contributed by atoms with van der Waals surface area (Å²) in [6.45, 7) is 1.80. The number of esters is 1. The van der Waals surface area contributed by atoms with Crippen LogP contribution in [0.15, 0.2) is 24.3 Å². The van der Waals surface area contributed by atoms with Gasteiger partial charge in [0, 0.05) is 17.0 Å². The Morgan fingerprint density at radius 2 is 1.94 bits per heavy atom. The van der Waals surface area contributed by atoms with Crippen molar-refractivity contribution in [2.24, 2.45) is 0 Å². The van der Waals surface area contributed by atoms with Crippen LogP contribution in [0.1, 0.15) is 23.7 Å². The van der Waals surface area contributed by atoms with Gasteiger partial charge in [0.15, 0.2) is 11.9 Å². The molecule has 92 valence electrons. The molecule has 0 heterocycles. The first-order chi connectivity index (χ1) is 8.04. The van der Waals surface area contributed by atoms with Crippen molar-refractivity contribution >= 4 is 23.4 Å². The zero-order valence-electron chi connectivity index (χ0n) is 9.35. The quantitative estimate of drug-likeness (QED) is 0.645. The molecular weight excluding hydrogens is 244 g/mol. The molecule has 0 spiro atoms. The van der Waals surface area contributed by atoms with Gasteiger partial charge in [-0.25, -0.2) is 4.79 Å². The molecule has 0 amide bonds. The summed E-state index contributed by atoms with van der Waals surface area (Å²) in [5, 5.41) is 9.93. The number of rotatable bonds is 5. The number of carbonyl (C=O) groups is 2. The molecular formula is C12H13ClO4. The van der Waals surface area contributed by atoms with Crippen LogP contribution in [0.4, 0.5) is 0 Å². The maximum atomic E-state index is 11.7. The minimum atomic E-state index is -1.42. The molecule has 17 heavy (non-hydrogen) atoms. The molecule has 1 N–H and O–H groups in total. The summed E-state index contributed by atoms with van der Waals surface area (Å²) in [5.41, 5.74) is 0.401. The molecule has 0 fully saturated rings. The molecule has 1 atom stereocenters. The molecule has 0 aromatic heterocycles. The number of benzene rings is 1. The molecule has 1 rings (SSSR count). The molecule has 0 bridgehead atoms. The van der Waals surface area contributed by atoms with Crippen molar-refractivity contribution < 1.29 is 19.4 Å². The Labute approximate surface area is 104 Å². The van der Waals surface area contributed by atoms with Gasteiger partial charge in [-0.1, -0.05) is 11.6 Å². The van der Waals surface area contributed by atoms with Gasteiger partial charge in [0.2, 0.25) is 0 Å². The highest BCUT2D eigenvalue weighted by Gasteiger charge is 2.20. The van der Waals surface area contributed by atoms with E-state index >= 15 is 0 Å². The number of ether oxygens (including phenoxy) is 1. The van der Waals surface area contributed by atoms with Crippen molar-refractivity contribution in [1.29, 1.82) is 0 Å². The molecule has 5 heteroatoms. The van der Waals surface area contributed by atoms with Crippen LogP contribution in [0.2, 0.25) is 5.02 Å². The number of aliphatic hydroxyl groups excluding tert-OH is 1. The van der Waals surface area contributed by atoms with Crippen molar-refractivity contribution in [3.05, 3.63) is 34.9 Å². The highest BCUT2D eigenvalue weighted by Crippen LogP contribution is 2.12. The van der Waals surface area contributed by atoms with Crippen LogP contribution in [0, 0.1) is 0 Å². The Kier molecular flexibility index (Phi) is 5.12. The lowest BCUT2D eigenvalue weighted by atomic mass is 10.1. The van der Waals surface area contributed by atoms with E-state index in [0.29, 0.717) is 10.6 Å². The average molecular weight is 257 g/mol. The van der Waals surface area contributed by atoms with E-state index in [9.17, 15) is 14.7 Å². The normalized spacial score (nSPS) is 11.9. The summed E-state index contributed by atoms with van der Waals surface area (Å²) in [7, 11) is 0. The van der Waals surface area contributed by atoms with Gasteiger partial charge < -0.3 is 9.84 Å². The van der Waals surface area contributed by atoms with Gasteiger partial charge in [0.1, 0.15) is 0 Å².